The van der Waals surface area contributed by atoms with Crippen molar-refractivity contribution in [3.8, 4) is 0 Å². The van der Waals surface area contributed by atoms with Crippen molar-refractivity contribution in [3.63, 3.8) is 0 Å². The Labute approximate surface area is 136 Å². The number of carbonyl (C=O) groups excluding carboxylic acids is 1. The molecular formula is C17H23ClO4. The molecule has 0 bridgehead atoms. The normalized spacial score (nSPS) is 14.2. The monoisotopic (exact) mass is 326 g/mol. The number of halogens is 1. The molecule has 1 aromatic rings. The molecule has 0 heterocycles. The van der Waals surface area contributed by atoms with Gasteiger partial charge in [0.1, 0.15) is 5.60 Å². The molecule has 122 valence electrons. The lowest BCUT2D eigenvalue weighted by Crippen LogP contribution is -2.30. The smallest absolute Gasteiger partial charge is 0.307 e. The summed E-state index contributed by atoms with van der Waals surface area (Å²) in [5.74, 6) is -2.57. The second kappa shape index (κ2) is 7.63. The molecule has 0 aromatic heterocycles. The van der Waals surface area contributed by atoms with Crippen LogP contribution in [0.4, 0.5) is 0 Å². The van der Waals surface area contributed by atoms with E-state index in [1.165, 1.54) is 0 Å². The molecule has 2 atom stereocenters. The van der Waals surface area contributed by atoms with E-state index >= 15 is 0 Å². The van der Waals surface area contributed by atoms with Crippen molar-refractivity contribution in [1.29, 1.82) is 0 Å². The summed E-state index contributed by atoms with van der Waals surface area (Å²) in [7, 11) is 0. The summed E-state index contributed by atoms with van der Waals surface area (Å²) in [5, 5.41) is 10.1. The fourth-order valence-corrected chi connectivity index (χ4v) is 2.55. The van der Waals surface area contributed by atoms with Crippen LogP contribution < -0.4 is 0 Å². The van der Waals surface area contributed by atoms with Crippen LogP contribution in [0.3, 0.4) is 0 Å². The maximum atomic E-state index is 12.0. The molecule has 4 nitrogen and oxygen atoms in total. The number of hydrogen-bond acceptors (Lipinski definition) is 3. The van der Waals surface area contributed by atoms with Crippen molar-refractivity contribution in [1.82, 2.24) is 0 Å². The van der Waals surface area contributed by atoms with E-state index in [0.717, 1.165) is 5.56 Å². The number of carboxylic acid groups (broad SMARTS) is 1. The van der Waals surface area contributed by atoms with Crippen molar-refractivity contribution in [2.24, 2.45) is 5.92 Å². The van der Waals surface area contributed by atoms with Gasteiger partial charge in [-0.15, -0.1) is 0 Å². The Bertz CT molecular complexity index is 516. The number of benzene rings is 1. The van der Waals surface area contributed by atoms with E-state index in [1.807, 2.05) is 19.1 Å². The minimum Gasteiger partial charge on any atom is -0.481 e. The SMILES string of the molecule is CCC(c1ccc(Cl)cc1)C(CC(=O)OC(C)(C)C)C(=O)O. The van der Waals surface area contributed by atoms with E-state index in [9.17, 15) is 14.7 Å². The number of esters is 1. The number of ether oxygens (including phenoxy) is 1. The van der Waals surface area contributed by atoms with E-state index in [4.69, 9.17) is 16.3 Å². The van der Waals surface area contributed by atoms with Crippen LogP contribution in [-0.2, 0) is 14.3 Å². The number of carboxylic acids is 1. The predicted molar refractivity (Wildman–Crippen MR) is 86.1 cm³/mol. The van der Waals surface area contributed by atoms with Gasteiger partial charge in [-0.3, -0.25) is 9.59 Å². The van der Waals surface area contributed by atoms with Crippen LogP contribution in [0, 0.1) is 5.92 Å². The molecule has 0 saturated heterocycles. The van der Waals surface area contributed by atoms with Crippen molar-refractivity contribution >= 4 is 23.5 Å². The fourth-order valence-electron chi connectivity index (χ4n) is 2.43. The third-order valence-corrected chi connectivity index (χ3v) is 3.60. The van der Waals surface area contributed by atoms with Crippen LogP contribution in [-0.4, -0.2) is 22.6 Å². The van der Waals surface area contributed by atoms with Crippen LogP contribution in [0.1, 0.15) is 52.0 Å². The molecule has 22 heavy (non-hydrogen) atoms. The Kier molecular flexibility index (Phi) is 6.42. The minimum absolute atomic E-state index is 0.145. The van der Waals surface area contributed by atoms with E-state index in [2.05, 4.69) is 0 Å². The van der Waals surface area contributed by atoms with E-state index in [0.29, 0.717) is 11.4 Å². The van der Waals surface area contributed by atoms with Gasteiger partial charge in [0, 0.05) is 5.02 Å². The first-order valence-corrected chi connectivity index (χ1v) is 7.72. The third kappa shape index (κ3) is 5.68. The molecule has 5 heteroatoms. The highest BCUT2D eigenvalue weighted by molar-refractivity contribution is 6.30. The van der Waals surface area contributed by atoms with Crippen molar-refractivity contribution in [3.05, 3.63) is 34.9 Å². The average Bonchev–Trinajstić information content (AvgIpc) is 2.38. The van der Waals surface area contributed by atoms with Gasteiger partial charge >= 0.3 is 11.9 Å². The Morgan fingerprint density at radius 1 is 1.23 bits per heavy atom. The third-order valence-electron chi connectivity index (χ3n) is 3.35. The van der Waals surface area contributed by atoms with Crippen molar-refractivity contribution < 1.29 is 19.4 Å². The van der Waals surface area contributed by atoms with E-state index < -0.39 is 23.5 Å². The van der Waals surface area contributed by atoms with E-state index in [-0.39, 0.29) is 12.3 Å². The van der Waals surface area contributed by atoms with Crippen molar-refractivity contribution in [2.75, 3.05) is 0 Å². The topological polar surface area (TPSA) is 63.6 Å². The Morgan fingerprint density at radius 3 is 2.18 bits per heavy atom. The number of rotatable bonds is 6. The van der Waals surface area contributed by atoms with Gasteiger partial charge in [0.25, 0.3) is 0 Å². The number of carbonyl (C=O) groups is 2. The van der Waals surface area contributed by atoms with Gasteiger partial charge in [0.05, 0.1) is 12.3 Å². The number of hydrogen-bond donors (Lipinski definition) is 1. The first kappa shape index (κ1) is 18.5. The zero-order chi connectivity index (χ0) is 16.9. The van der Waals surface area contributed by atoms with Gasteiger partial charge in [-0.25, -0.2) is 0 Å². The van der Waals surface area contributed by atoms with Crippen molar-refractivity contribution in [2.45, 2.75) is 52.1 Å². The molecule has 0 saturated carbocycles. The highest BCUT2D eigenvalue weighted by Crippen LogP contribution is 2.32. The Hall–Kier alpha value is -1.55. The lowest BCUT2D eigenvalue weighted by Gasteiger charge is -2.25. The predicted octanol–water partition coefficient (Wildman–Crippen LogP) is 4.27. The summed E-state index contributed by atoms with van der Waals surface area (Å²) in [6.45, 7) is 7.19. The first-order chi connectivity index (χ1) is 10.1. The molecule has 1 N–H and O–H groups in total. The highest BCUT2D eigenvalue weighted by atomic mass is 35.5. The molecule has 0 radical (unpaired) electrons. The van der Waals surface area contributed by atoms with Gasteiger partial charge in [0.2, 0.25) is 0 Å². The molecule has 1 aromatic carbocycles. The molecular weight excluding hydrogens is 304 g/mol. The zero-order valence-corrected chi connectivity index (χ0v) is 14.2. The van der Waals surface area contributed by atoms with Gasteiger partial charge in [-0.2, -0.15) is 0 Å². The summed E-state index contributed by atoms with van der Waals surface area (Å²) in [6.07, 6.45) is 0.467. The Balaban J connectivity index is 2.94. The summed E-state index contributed by atoms with van der Waals surface area (Å²) in [4.78, 5) is 23.6. The Morgan fingerprint density at radius 2 is 1.77 bits per heavy atom. The molecule has 0 aliphatic carbocycles. The number of aliphatic carboxylic acids is 1. The average molecular weight is 327 g/mol. The minimum atomic E-state index is -0.993. The maximum Gasteiger partial charge on any atom is 0.307 e. The lowest BCUT2D eigenvalue weighted by atomic mass is 9.82. The van der Waals surface area contributed by atoms with E-state index in [1.54, 1.807) is 32.9 Å². The lowest BCUT2D eigenvalue weighted by molar-refractivity contribution is -0.160. The highest BCUT2D eigenvalue weighted by Gasteiger charge is 2.32. The van der Waals surface area contributed by atoms with Crippen LogP contribution in [0.25, 0.3) is 0 Å². The molecule has 0 spiro atoms. The second-order valence-electron chi connectivity index (χ2n) is 6.30. The van der Waals surface area contributed by atoms with Crippen LogP contribution >= 0.6 is 11.6 Å². The maximum absolute atomic E-state index is 12.0. The standard InChI is InChI=1S/C17H23ClO4/c1-5-13(11-6-8-12(18)9-7-11)14(16(20)21)10-15(19)22-17(2,3)4/h6-9,13-14H,5,10H2,1-4H3,(H,20,21). The molecule has 1 rings (SSSR count). The summed E-state index contributed by atoms with van der Waals surface area (Å²) < 4.78 is 5.24. The zero-order valence-electron chi connectivity index (χ0n) is 13.4. The molecule has 0 amide bonds. The van der Waals surface area contributed by atoms with Gasteiger partial charge in [-0.1, -0.05) is 30.7 Å². The molecule has 2 unspecified atom stereocenters. The van der Waals surface area contributed by atoms with Crippen LogP contribution in [0.2, 0.25) is 5.02 Å². The largest absolute Gasteiger partial charge is 0.481 e. The molecule has 0 aliphatic rings. The summed E-state index contributed by atoms with van der Waals surface area (Å²) in [6, 6.07) is 7.07. The van der Waals surface area contributed by atoms with Crippen LogP contribution in [0.15, 0.2) is 24.3 Å². The van der Waals surface area contributed by atoms with Crippen LogP contribution in [0.5, 0.6) is 0 Å². The first-order valence-electron chi connectivity index (χ1n) is 7.34. The van der Waals surface area contributed by atoms with Gasteiger partial charge < -0.3 is 9.84 Å². The summed E-state index contributed by atoms with van der Waals surface area (Å²) in [5.41, 5.74) is 0.241. The van der Waals surface area contributed by atoms with Gasteiger partial charge in [-0.05, 0) is 50.8 Å². The molecule has 0 fully saturated rings. The quantitative estimate of drug-likeness (QED) is 0.793. The molecule has 0 aliphatic heterocycles. The summed E-state index contributed by atoms with van der Waals surface area (Å²) >= 11 is 5.87. The fraction of sp³-hybridized carbons (Fsp3) is 0.529. The second-order valence-corrected chi connectivity index (χ2v) is 6.74. The van der Waals surface area contributed by atoms with Gasteiger partial charge in [0.15, 0.2) is 0 Å².